The summed E-state index contributed by atoms with van der Waals surface area (Å²) in [5, 5.41) is 28.5. The van der Waals surface area contributed by atoms with Crippen molar-refractivity contribution in [1.29, 1.82) is 10.5 Å². The Morgan fingerprint density at radius 2 is 2.00 bits per heavy atom. The van der Waals surface area contributed by atoms with Crippen LogP contribution in [0.5, 0.6) is 0 Å². The zero-order valence-electron chi connectivity index (χ0n) is 13.8. The number of thioether (sulfide) groups is 1. The van der Waals surface area contributed by atoms with Gasteiger partial charge in [0.2, 0.25) is 0 Å². The number of nitrogens with zero attached hydrogens (tertiary/aromatic N) is 3. The van der Waals surface area contributed by atoms with Crippen LogP contribution in [-0.2, 0) is 5.75 Å². The maximum Gasteiger partial charge on any atom is 0.335 e. The second-order valence-corrected chi connectivity index (χ2v) is 6.39. The minimum atomic E-state index is -1.01. The molecule has 0 aliphatic carbocycles. The second-order valence-electron chi connectivity index (χ2n) is 5.42. The Hall–Kier alpha value is -3.75. The fourth-order valence-corrected chi connectivity index (χ4v) is 3.45. The van der Waals surface area contributed by atoms with E-state index < -0.39 is 5.97 Å². The summed E-state index contributed by atoms with van der Waals surface area (Å²) in [5.74, 6) is -0.275. The van der Waals surface area contributed by atoms with Crippen molar-refractivity contribution in [3.8, 4) is 23.5 Å². The highest BCUT2D eigenvalue weighted by Crippen LogP contribution is 2.36. The van der Waals surface area contributed by atoms with Gasteiger partial charge in [-0.2, -0.15) is 10.5 Å². The predicted octanol–water partition coefficient (Wildman–Crippen LogP) is 3.66. The summed E-state index contributed by atoms with van der Waals surface area (Å²) in [6.07, 6.45) is 1.44. The van der Waals surface area contributed by atoms with Crippen LogP contribution in [0.25, 0.3) is 11.3 Å². The lowest BCUT2D eigenvalue weighted by Gasteiger charge is -2.11. The van der Waals surface area contributed by atoms with Crippen molar-refractivity contribution in [2.45, 2.75) is 10.8 Å². The fourth-order valence-electron chi connectivity index (χ4n) is 2.52. The number of anilines is 1. The number of hydrogen-bond donors (Lipinski definition) is 2. The van der Waals surface area contributed by atoms with Gasteiger partial charge >= 0.3 is 5.97 Å². The Kier molecular flexibility index (Phi) is 5.11. The zero-order chi connectivity index (χ0) is 19.4. The molecule has 0 unspecified atom stereocenters. The third-order valence-corrected chi connectivity index (χ3v) is 4.78. The molecule has 0 amide bonds. The SMILES string of the molecule is N#Cc1c(N)nc(SCc2cccc(C(=O)O)c2)c(C#N)c1-c1ccco1. The molecule has 3 rings (SSSR count). The molecule has 3 N–H and O–H groups in total. The molecule has 1 aromatic carbocycles. The van der Waals surface area contributed by atoms with Crippen LogP contribution >= 0.6 is 11.8 Å². The van der Waals surface area contributed by atoms with Gasteiger partial charge in [0.15, 0.2) is 0 Å². The Balaban J connectivity index is 2.02. The van der Waals surface area contributed by atoms with Crippen LogP contribution in [0.1, 0.15) is 27.0 Å². The van der Waals surface area contributed by atoms with Crippen LogP contribution in [0.2, 0.25) is 0 Å². The first-order valence-corrected chi connectivity index (χ1v) is 8.66. The van der Waals surface area contributed by atoms with Crippen molar-refractivity contribution in [2.75, 3.05) is 5.73 Å². The van der Waals surface area contributed by atoms with Gasteiger partial charge in [0, 0.05) is 5.75 Å². The van der Waals surface area contributed by atoms with E-state index in [-0.39, 0.29) is 22.5 Å². The number of aromatic carboxylic acids is 1. The van der Waals surface area contributed by atoms with E-state index >= 15 is 0 Å². The molecule has 2 heterocycles. The first-order chi connectivity index (χ1) is 13.0. The molecule has 0 saturated carbocycles. The van der Waals surface area contributed by atoms with Gasteiger partial charge in [0.1, 0.15) is 34.3 Å². The third-order valence-electron chi connectivity index (χ3n) is 3.73. The van der Waals surface area contributed by atoms with Gasteiger partial charge < -0.3 is 15.3 Å². The van der Waals surface area contributed by atoms with Gasteiger partial charge in [-0.3, -0.25) is 0 Å². The Morgan fingerprint density at radius 3 is 2.63 bits per heavy atom. The average Bonchev–Trinajstić information content (AvgIpc) is 3.20. The number of carboxylic acid groups (broad SMARTS) is 1. The normalized spacial score (nSPS) is 10.1. The molecular weight excluding hydrogens is 364 g/mol. The number of aromatic nitrogens is 1. The minimum Gasteiger partial charge on any atom is -0.478 e. The molecule has 0 aliphatic heterocycles. The number of carbonyl (C=O) groups is 1. The lowest BCUT2D eigenvalue weighted by atomic mass is 10.0. The number of benzene rings is 1. The van der Waals surface area contributed by atoms with Gasteiger partial charge in [-0.05, 0) is 29.8 Å². The van der Waals surface area contributed by atoms with E-state index in [9.17, 15) is 15.3 Å². The number of carboxylic acids is 1. The standard InChI is InChI=1S/C19H12N4O3S/c20-8-13-16(15-5-2-6-26-15)14(9-21)18(23-17(13)22)27-10-11-3-1-4-12(7-11)19(24)25/h1-7H,10H2,(H2,22,23)(H,24,25). The largest absolute Gasteiger partial charge is 0.478 e. The maximum absolute atomic E-state index is 11.1. The first-order valence-electron chi connectivity index (χ1n) is 7.67. The van der Waals surface area contributed by atoms with E-state index in [4.69, 9.17) is 15.3 Å². The molecular formula is C19H12N4O3S. The van der Waals surface area contributed by atoms with Crippen molar-refractivity contribution >= 4 is 23.5 Å². The summed E-state index contributed by atoms with van der Waals surface area (Å²) in [5.41, 5.74) is 7.43. The fraction of sp³-hybridized carbons (Fsp3) is 0.0526. The molecule has 0 bridgehead atoms. The first kappa shape index (κ1) is 18.1. The number of pyridine rings is 1. The maximum atomic E-state index is 11.1. The molecule has 0 saturated heterocycles. The molecule has 7 nitrogen and oxygen atoms in total. The summed E-state index contributed by atoms with van der Waals surface area (Å²) in [4.78, 5) is 15.3. The van der Waals surface area contributed by atoms with Gasteiger partial charge in [0.25, 0.3) is 0 Å². The summed E-state index contributed by atoms with van der Waals surface area (Å²) >= 11 is 1.23. The van der Waals surface area contributed by atoms with Crippen molar-refractivity contribution in [3.63, 3.8) is 0 Å². The molecule has 0 fully saturated rings. The van der Waals surface area contributed by atoms with E-state index in [2.05, 4.69) is 11.1 Å². The summed E-state index contributed by atoms with van der Waals surface area (Å²) in [6.45, 7) is 0. The van der Waals surface area contributed by atoms with Crippen molar-refractivity contribution in [1.82, 2.24) is 4.98 Å². The lowest BCUT2D eigenvalue weighted by molar-refractivity contribution is 0.0696. The Morgan fingerprint density at radius 1 is 1.22 bits per heavy atom. The monoisotopic (exact) mass is 376 g/mol. The van der Waals surface area contributed by atoms with E-state index in [1.54, 1.807) is 30.3 Å². The van der Waals surface area contributed by atoms with E-state index in [1.807, 2.05) is 6.07 Å². The molecule has 0 aliphatic rings. The Bertz CT molecular complexity index is 1100. The van der Waals surface area contributed by atoms with E-state index in [1.165, 1.54) is 24.1 Å². The number of nitrogen functional groups attached to an aromatic ring is 1. The molecule has 8 heteroatoms. The van der Waals surface area contributed by atoms with Gasteiger partial charge in [0.05, 0.1) is 23.0 Å². The molecule has 3 aromatic rings. The number of nitrogens with two attached hydrogens (primary N) is 1. The average molecular weight is 376 g/mol. The number of furan rings is 1. The van der Waals surface area contributed by atoms with Crippen molar-refractivity contribution in [2.24, 2.45) is 0 Å². The predicted molar refractivity (Wildman–Crippen MR) is 98.7 cm³/mol. The molecule has 0 spiro atoms. The molecule has 0 atom stereocenters. The van der Waals surface area contributed by atoms with Gasteiger partial charge in [-0.15, -0.1) is 11.8 Å². The summed E-state index contributed by atoms with van der Waals surface area (Å²) in [7, 11) is 0. The van der Waals surface area contributed by atoms with Gasteiger partial charge in [-0.1, -0.05) is 12.1 Å². The molecule has 2 aromatic heterocycles. The van der Waals surface area contributed by atoms with Crippen molar-refractivity contribution in [3.05, 3.63) is 64.9 Å². The molecule has 132 valence electrons. The highest BCUT2D eigenvalue weighted by molar-refractivity contribution is 7.98. The molecule has 27 heavy (non-hydrogen) atoms. The quantitative estimate of drug-likeness (QED) is 0.644. The molecule has 0 radical (unpaired) electrons. The van der Waals surface area contributed by atoms with E-state index in [0.29, 0.717) is 22.1 Å². The summed E-state index contributed by atoms with van der Waals surface area (Å²) < 4.78 is 5.36. The van der Waals surface area contributed by atoms with Crippen LogP contribution in [0.4, 0.5) is 5.82 Å². The van der Waals surface area contributed by atoms with Crippen LogP contribution in [0, 0.1) is 22.7 Å². The van der Waals surface area contributed by atoms with Crippen LogP contribution < -0.4 is 5.73 Å². The number of rotatable bonds is 5. The van der Waals surface area contributed by atoms with Crippen molar-refractivity contribution < 1.29 is 14.3 Å². The second kappa shape index (κ2) is 7.65. The van der Waals surface area contributed by atoms with E-state index in [0.717, 1.165) is 5.56 Å². The number of hydrogen-bond acceptors (Lipinski definition) is 7. The van der Waals surface area contributed by atoms with Crippen LogP contribution in [-0.4, -0.2) is 16.1 Å². The lowest BCUT2D eigenvalue weighted by Crippen LogP contribution is -2.03. The number of nitriles is 2. The zero-order valence-corrected chi connectivity index (χ0v) is 14.7. The van der Waals surface area contributed by atoms with Crippen LogP contribution in [0.3, 0.4) is 0 Å². The summed E-state index contributed by atoms with van der Waals surface area (Å²) in [6, 6.07) is 13.8. The topological polar surface area (TPSA) is 137 Å². The smallest absolute Gasteiger partial charge is 0.335 e. The minimum absolute atomic E-state index is 0.00434. The Labute approximate surface area is 158 Å². The van der Waals surface area contributed by atoms with Crippen LogP contribution in [0.15, 0.2) is 52.1 Å². The third kappa shape index (κ3) is 3.61. The van der Waals surface area contributed by atoms with Gasteiger partial charge in [-0.25, -0.2) is 9.78 Å². The highest BCUT2D eigenvalue weighted by atomic mass is 32.2. The highest BCUT2D eigenvalue weighted by Gasteiger charge is 2.22.